The predicted octanol–water partition coefficient (Wildman–Crippen LogP) is 3.95. The SMILES string of the molecule is C=CCn1cc(-c2cn(S(=O)(=O)CC3CC3)c3cc(-c4c(C)noc4C)cnc23)cn1. The van der Waals surface area contributed by atoms with Crippen LogP contribution in [0.25, 0.3) is 33.3 Å². The fraction of sp³-hybridized carbons (Fsp3) is 0.318. The van der Waals surface area contributed by atoms with Crippen LogP contribution in [0, 0.1) is 19.8 Å². The lowest BCUT2D eigenvalue weighted by molar-refractivity contribution is 0.393. The number of rotatable bonds is 7. The second-order valence-corrected chi connectivity index (χ2v) is 9.98. The van der Waals surface area contributed by atoms with E-state index in [9.17, 15) is 8.42 Å². The lowest BCUT2D eigenvalue weighted by Crippen LogP contribution is -2.16. The van der Waals surface area contributed by atoms with Crippen molar-refractivity contribution in [2.75, 3.05) is 5.75 Å². The maximum absolute atomic E-state index is 13.3. The van der Waals surface area contributed by atoms with Gasteiger partial charge in [-0.25, -0.2) is 12.4 Å². The Morgan fingerprint density at radius 1 is 1.23 bits per heavy atom. The molecule has 160 valence electrons. The maximum Gasteiger partial charge on any atom is 0.239 e. The van der Waals surface area contributed by atoms with Gasteiger partial charge in [0.25, 0.3) is 0 Å². The molecule has 0 saturated heterocycles. The van der Waals surface area contributed by atoms with Crippen LogP contribution in [0.2, 0.25) is 0 Å². The standard InChI is InChI=1S/C22H23N5O3S/c1-4-7-26-11-18(10-24-26)19-12-27(31(28,29)13-16-5-6-16)20-8-17(9-23-22(19)20)21-14(2)25-30-15(21)3/h4,8-12,16H,1,5-7,13H2,2-3H3. The molecule has 1 aliphatic rings. The summed E-state index contributed by atoms with van der Waals surface area (Å²) in [6.45, 7) is 8.00. The molecule has 1 aliphatic carbocycles. The number of fused-ring (bicyclic) bond motifs is 1. The summed E-state index contributed by atoms with van der Waals surface area (Å²) in [6, 6.07) is 1.86. The van der Waals surface area contributed by atoms with Crippen molar-refractivity contribution < 1.29 is 12.9 Å². The topological polar surface area (TPSA) is 95.8 Å². The first-order valence-corrected chi connectivity index (χ1v) is 11.8. The fourth-order valence-corrected chi connectivity index (χ4v) is 5.74. The first-order valence-electron chi connectivity index (χ1n) is 10.2. The number of pyridine rings is 1. The zero-order valence-electron chi connectivity index (χ0n) is 17.4. The van der Waals surface area contributed by atoms with Crippen LogP contribution in [0.4, 0.5) is 0 Å². The smallest absolute Gasteiger partial charge is 0.239 e. The number of allylic oxidation sites excluding steroid dienone is 1. The van der Waals surface area contributed by atoms with Crippen molar-refractivity contribution in [3.05, 3.63) is 55.0 Å². The van der Waals surface area contributed by atoms with Gasteiger partial charge in [0, 0.05) is 40.8 Å². The molecule has 31 heavy (non-hydrogen) atoms. The third-order valence-corrected chi connectivity index (χ3v) is 7.43. The minimum atomic E-state index is -3.53. The first kappa shape index (κ1) is 19.7. The van der Waals surface area contributed by atoms with Crippen LogP contribution in [-0.2, 0) is 16.6 Å². The Balaban J connectivity index is 1.72. The van der Waals surface area contributed by atoms with E-state index in [1.165, 1.54) is 3.97 Å². The van der Waals surface area contributed by atoms with E-state index in [-0.39, 0.29) is 11.7 Å². The molecule has 0 amide bonds. The molecule has 4 aromatic heterocycles. The average molecular weight is 438 g/mol. The van der Waals surface area contributed by atoms with Crippen LogP contribution in [0.15, 0.2) is 48.0 Å². The van der Waals surface area contributed by atoms with Gasteiger partial charge < -0.3 is 4.52 Å². The van der Waals surface area contributed by atoms with Crippen LogP contribution in [0.3, 0.4) is 0 Å². The summed E-state index contributed by atoms with van der Waals surface area (Å²) < 4.78 is 34.9. The molecule has 1 saturated carbocycles. The molecule has 0 radical (unpaired) electrons. The highest BCUT2D eigenvalue weighted by Crippen LogP contribution is 2.36. The summed E-state index contributed by atoms with van der Waals surface area (Å²) >= 11 is 0. The van der Waals surface area contributed by atoms with Crippen LogP contribution < -0.4 is 0 Å². The van der Waals surface area contributed by atoms with E-state index in [2.05, 4.69) is 21.8 Å². The van der Waals surface area contributed by atoms with Gasteiger partial charge in [0.1, 0.15) is 5.76 Å². The first-order chi connectivity index (χ1) is 14.9. The summed E-state index contributed by atoms with van der Waals surface area (Å²) in [5.41, 5.74) is 5.06. The molecule has 0 N–H and O–H groups in total. The monoisotopic (exact) mass is 437 g/mol. The maximum atomic E-state index is 13.3. The van der Waals surface area contributed by atoms with Crippen LogP contribution in [0.5, 0.6) is 0 Å². The van der Waals surface area contributed by atoms with Gasteiger partial charge in [-0.05, 0) is 38.7 Å². The third kappa shape index (κ3) is 3.48. The number of hydrogen-bond donors (Lipinski definition) is 0. The molecule has 0 spiro atoms. The highest BCUT2D eigenvalue weighted by atomic mass is 32.2. The van der Waals surface area contributed by atoms with E-state index >= 15 is 0 Å². The normalized spacial score (nSPS) is 14.4. The fourth-order valence-electron chi connectivity index (χ4n) is 3.95. The molecule has 4 aromatic rings. The zero-order valence-corrected chi connectivity index (χ0v) is 18.3. The van der Waals surface area contributed by atoms with Crippen LogP contribution in [0.1, 0.15) is 24.3 Å². The van der Waals surface area contributed by atoms with Crippen molar-refractivity contribution in [2.45, 2.75) is 33.2 Å². The molecule has 1 fully saturated rings. The molecule has 9 heteroatoms. The molecule has 0 unspecified atom stereocenters. The van der Waals surface area contributed by atoms with E-state index in [4.69, 9.17) is 4.52 Å². The highest BCUT2D eigenvalue weighted by Gasteiger charge is 2.31. The summed E-state index contributed by atoms with van der Waals surface area (Å²) in [7, 11) is -3.53. The minimum absolute atomic E-state index is 0.140. The van der Waals surface area contributed by atoms with Gasteiger partial charge in [0.2, 0.25) is 10.0 Å². The Morgan fingerprint density at radius 2 is 2.03 bits per heavy atom. The van der Waals surface area contributed by atoms with Crippen molar-refractivity contribution in [1.29, 1.82) is 0 Å². The number of aryl methyl sites for hydroxylation is 2. The summed E-state index contributed by atoms with van der Waals surface area (Å²) in [5, 5.41) is 8.36. The Morgan fingerprint density at radius 3 is 2.71 bits per heavy atom. The second-order valence-electron chi connectivity index (χ2n) is 8.09. The van der Waals surface area contributed by atoms with E-state index < -0.39 is 10.0 Å². The summed E-state index contributed by atoms with van der Waals surface area (Å²) in [5.74, 6) is 1.05. The van der Waals surface area contributed by atoms with E-state index in [0.717, 1.165) is 40.8 Å². The Kier molecular flexibility index (Phi) is 4.58. The molecule has 0 bridgehead atoms. The van der Waals surface area contributed by atoms with Gasteiger partial charge in [0.15, 0.2) is 0 Å². The quantitative estimate of drug-likeness (QED) is 0.406. The predicted molar refractivity (Wildman–Crippen MR) is 118 cm³/mol. The van der Waals surface area contributed by atoms with Gasteiger partial charge in [-0.2, -0.15) is 5.10 Å². The molecular weight excluding hydrogens is 414 g/mol. The number of aromatic nitrogens is 5. The summed E-state index contributed by atoms with van der Waals surface area (Å²) in [4.78, 5) is 4.67. The Bertz CT molecular complexity index is 1390. The van der Waals surface area contributed by atoms with Gasteiger partial charge in [-0.1, -0.05) is 11.2 Å². The van der Waals surface area contributed by atoms with Gasteiger partial charge in [-0.3, -0.25) is 9.67 Å². The molecule has 5 rings (SSSR count). The second kappa shape index (κ2) is 7.19. The molecule has 8 nitrogen and oxygen atoms in total. The third-order valence-electron chi connectivity index (χ3n) is 5.63. The lowest BCUT2D eigenvalue weighted by atomic mass is 10.1. The molecule has 4 heterocycles. The van der Waals surface area contributed by atoms with Crippen LogP contribution >= 0.6 is 0 Å². The molecule has 0 aromatic carbocycles. The van der Waals surface area contributed by atoms with Crippen molar-refractivity contribution in [2.24, 2.45) is 5.92 Å². The molecular formula is C22H23N5O3S. The zero-order chi connectivity index (χ0) is 21.8. The van der Waals surface area contributed by atoms with Crippen molar-refractivity contribution >= 4 is 21.1 Å². The average Bonchev–Trinajstić information content (AvgIpc) is 3.11. The van der Waals surface area contributed by atoms with E-state index in [1.54, 1.807) is 29.3 Å². The lowest BCUT2D eigenvalue weighted by Gasteiger charge is -2.07. The van der Waals surface area contributed by atoms with Gasteiger partial charge in [0.05, 0.1) is 35.2 Å². The largest absolute Gasteiger partial charge is 0.361 e. The molecule has 0 atom stereocenters. The van der Waals surface area contributed by atoms with Gasteiger partial charge in [-0.15, -0.1) is 6.58 Å². The Labute approximate surface area is 180 Å². The summed E-state index contributed by atoms with van der Waals surface area (Å²) in [6.07, 6.45) is 10.7. The van der Waals surface area contributed by atoms with Crippen molar-refractivity contribution in [3.8, 4) is 22.3 Å². The minimum Gasteiger partial charge on any atom is -0.361 e. The van der Waals surface area contributed by atoms with E-state index in [0.29, 0.717) is 23.3 Å². The van der Waals surface area contributed by atoms with Crippen LogP contribution in [-0.4, -0.2) is 38.1 Å². The van der Waals surface area contributed by atoms with Crippen molar-refractivity contribution in [1.82, 2.24) is 23.9 Å². The van der Waals surface area contributed by atoms with Gasteiger partial charge >= 0.3 is 0 Å². The number of nitrogens with zero attached hydrogens (tertiary/aromatic N) is 5. The molecule has 0 aliphatic heterocycles. The van der Waals surface area contributed by atoms with E-state index in [1.807, 2.05) is 26.1 Å². The number of hydrogen-bond acceptors (Lipinski definition) is 6. The highest BCUT2D eigenvalue weighted by molar-refractivity contribution is 7.90. The van der Waals surface area contributed by atoms with Crippen molar-refractivity contribution in [3.63, 3.8) is 0 Å². The Hall–Kier alpha value is -3.20.